The van der Waals surface area contributed by atoms with Crippen LogP contribution in [-0.4, -0.2) is 26.8 Å². The van der Waals surface area contributed by atoms with Crippen LogP contribution in [0.4, 0.5) is 5.82 Å². The highest BCUT2D eigenvalue weighted by molar-refractivity contribution is 5.33. The van der Waals surface area contributed by atoms with Gasteiger partial charge in [0.15, 0.2) is 5.82 Å². The molecule has 5 nitrogen and oxygen atoms in total. The van der Waals surface area contributed by atoms with Crippen LogP contribution in [0.15, 0.2) is 17.2 Å². The normalized spacial score (nSPS) is 24.7. The highest BCUT2D eigenvalue weighted by atomic mass is 16.3. The van der Waals surface area contributed by atoms with Gasteiger partial charge >= 0.3 is 0 Å². The van der Waals surface area contributed by atoms with Crippen molar-refractivity contribution in [3.05, 3.63) is 22.7 Å². The van der Waals surface area contributed by atoms with Crippen molar-refractivity contribution in [2.75, 3.05) is 5.32 Å². The van der Waals surface area contributed by atoms with Gasteiger partial charge in [-0.05, 0) is 19.8 Å². The Morgan fingerprint density at radius 3 is 3.00 bits per heavy atom. The van der Waals surface area contributed by atoms with E-state index >= 15 is 0 Å². The molecule has 2 N–H and O–H groups in total. The van der Waals surface area contributed by atoms with Gasteiger partial charge in [0.1, 0.15) is 0 Å². The fourth-order valence-corrected chi connectivity index (χ4v) is 1.69. The maximum Gasteiger partial charge on any atom is 0.293 e. The smallest absolute Gasteiger partial charge is 0.293 e. The fraction of sp³-hybridized carbons (Fsp3) is 0.600. The van der Waals surface area contributed by atoms with Crippen molar-refractivity contribution in [2.45, 2.75) is 38.5 Å². The molecule has 1 saturated carbocycles. The highest BCUT2D eigenvalue weighted by Crippen LogP contribution is 2.21. The molecule has 2 rings (SSSR count). The monoisotopic (exact) mass is 209 g/mol. The van der Waals surface area contributed by atoms with E-state index in [1.165, 1.54) is 0 Å². The van der Waals surface area contributed by atoms with E-state index in [9.17, 15) is 4.79 Å². The molecule has 1 fully saturated rings. The predicted molar refractivity (Wildman–Crippen MR) is 56.8 cm³/mol. The van der Waals surface area contributed by atoms with Crippen LogP contribution in [0, 0.1) is 0 Å². The van der Waals surface area contributed by atoms with Gasteiger partial charge < -0.3 is 15.0 Å². The van der Waals surface area contributed by atoms with Crippen LogP contribution >= 0.6 is 0 Å². The first-order valence-corrected chi connectivity index (χ1v) is 5.20. The lowest BCUT2D eigenvalue weighted by Crippen LogP contribution is -2.41. The van der Waals surface area contributed by atoms with Gasteiger partial charge in [0, 0.05) is 25.0 Å². The summed E-state index contributed by atoms with van der Waals surface area (Å²) >= 11 is 0. The van der Waals surface area contributed by atoms with E-state index in [4.69, 9.17) is 5.11 Å². The molecule has 0 aliphatic heterocycles. The second-order valence-electron chi connectivity index (χ2n) is 3.83. The Bertz CT molecular complexity index is 396. The van der Waals surface area contributed by atoms with Gasteiger partial charge in [-0.25, -0.2) is 4.98 Å². The molecule has 0 saturated heterocycles. The molecule has 1 heterocycles. The van der Waals surface area contributed by atoms with E-state index in [1.807, 2.05) is 6.92 Å². The van der Waals surface area contributed by atoms with Gasteiger partial charge in [0.2, 0.25) is 0 Å². The minimum absolute atomic E-state index is 0.0959. The number of hydrogen-bond donors (Lipinski definition) is 2. The van der Waals surface area contributed by atoms with Crippen molar-refractivity contribution in [2.24, 2.45) is 0 Å². The summed E-state index contributed by atoms with van der Waals surface area (Å²) in [6.45, 7) is 2.56. The number of aromatic nitrogens is 2. The minimum Gasteiger partial charge on any atom is -0.393 e. The van der Waals surface area contributed by atoms with Crippen molar-refractivity contribution in [1.29, 1.82) is 0 Å². The Labute approximate surface area is 87.8 Å². The van der Waals surface area contributed by atoms with Crippen molar-refractivity contribution in [3.8, 4) is 0 Å². The third-order valence-electron chi connectivity index (χ3n) is 2.71. The Morgan fingerprint density at radius 2 is 2.40 bits per heavy atom. The van der Waals surface area contributed by atoms with Gasteiger partial charge in [0.05, 0.1) is 6.10 Å². The molecule has 1 aliphatic rings. The topological polar surface area (TPSA) is 67.2 Å². The van der Waals surface area contributed by atoms with Crippen LogP contribution in [-0.2, 0) is 6.54 Å². The minimum atomic E-state index is -0.223. The number of nitrogens with zero attached hydrogens (tertiary/aromatic N) is 2. The molecule has 82 valence electrons. The molecule has 1 aliphatic carbocycles. The number of aliphatic hydroxyl groups excluding tert-OH is 1. The molecule has 0 unspecified atom stereocenters. The second-order valence-corrected chi connectivity index (χ2v) is 3.83. The SMILES string of the molecule is CCn1ccnc(NC2CC(O)C2)c1=O. The molecule has 1 aromatic heterocycles. The van der Waals surface area contributed by atoms with Crippen LogP contribution in [0.3, 0.4) is 0 Å². The molecular weight excluding hydrogens is 194 g/mol. The number of rotatable bonds is 3. The number of anilines is 1. The van der Waals surface area contributed by atoms with Gasteiger partial charge in [-0.3, -0.25) is 4.79 Å². The van der Waals surface area contributed by atoms with Crippen molar-refractivity contribution in [1.82, 2.24) is 9.55 Å². The highest BCUT2D eigenvalue weighted by Gasteiger charge is 2.27. The molecule has 0 spiro atoms. The Hall–Kier alpha value is -1.36. The number of aryl methyl sites for hydroxylation is 1. The van der Waals surface area contributed by atoms with Crippen LogP contribution in [0.2, 0.25) is 0 Å². The van der Waals surface area contributed by atoms with Gasteiger partial charge in [0.25, 0.3) is 5.56 Å². The lowest BCUT2D eigenvalue weighted by Gasteiger charge is -2.32. The summed E-state index contributed by atoms with van der Waals surface area (Å²) < 4.78 is 1.60. The van der Waals surface area contributed by atoms with Gasteiger partial charge in [-0.2, -0.15) is 0 Å². The molecule has 0 radical (unpaired) electrons. The molecule has 1 aromatic rings. The first kappa shape index (κ1) is 10.2. The molecule has 0 bridgehead atoms. The first-order chi connectivity index (χ1) is 7.20. The maximum atomic E-state index is 11.7. The Balaban J connectivity index is 2.11. The largest absolute Gasteiger partial charge is 0.393 e. The van der Waals surface area contributed by atoms with Crippen LogP contribution in [0.5, 0.6) is 0 Å². The van der Waals surface area contributed by atoms with Crippen LogP contribution < -0.4 is 10.9 Å². The summed E-state index contributed by atoms with van der Waals surface area (Å²) in [6.07, 6.45) is 4.45. The average Bonchev–Trinajstić information content (AvgIpc) is 2.18. The predicted octanol–water partition coefficient (Wildman–Crippen LogP) is 0.198. The lowest BCUT2D eigenvalue weighted by molar-refractivity contribution is 0.0835. The third-order valence-corrected chi connectivity index (χ3v) is 2.71. The zero-order chi connectivity index (χ0) is 10.8. The summed E-state index contributed by atoms with van der Waals surface area (Å²) in [7, 11) is 0. The second kappa shape index (κ2) is 4.02. The summed E-state index contributed by atoms with van der Waals surface area (Å²) in [5, 5.41) is 12.2. The summed E-state index contributed by atoms with van der Waals surface area (Å²) in [6, 6.07) is 0.188. The number of aliphatic hydroxyl groups is 1. The van der Waals surface area contributed by atoms with Gasteiger partial charge in [-0.15, -0.1) is 0 Å². The van der Waals surface area contributed by atoms with Crippen molar-refractivity contribution in [3.63, 3.8) is 0 Å². The first-order valence-electron chi connectivity index (χ1n) is 5.20. The van der Waals surface area contributed by atoms with E-state index in [2.05, 4.69) is 10.3 Å². The molecule has 0 amide bonds. The van der Waals surface area contributed by atoms with E-state index in [0.717, 1.165) is 0 Å². The Kier molecular flexibility index (Phi) is 2.73. The molecule has 5 heteroatoms. The van der Waals surface area contributed by atoms with Gasteiger partial charge in [-0.1, -0.05) is 0 Å². The van der Waals surface area contributed by atoms with E-state index in [0.29, 0.717) is 25.2 Å². The average molecular weight is 209 g/mol. The molecule has 0 atom stereocenters. The number of hydrogen-bond acceptors (Lipinski definition) is 4. The molecular formula is C10H15N3O2. The lowest BCUT2D eigenvalue weighted by atomic mass is 9.90. The standard InChI is InChI=1S/C10H15N3O2/c1-2-13-4-3-11-9(10(13)15)12-7-5-8(14)6-7/h3-4,7-8,14H,2,5-6H2,1H3,(H,11,12). The van der Waals surface area contributed by atoms with E-state index in [-0.39, 0.29) is 17.7 Å². The fourth-order valence-electron chi connectivity index (χ4n) is 1.69. The van der Waals surface area contributed by atoms with Crippen LogP contribution in [0.1, 0.15) is 19.8 Å². The summed E-state index contributed by atoms with van der Waals surface area (Å²) in [5.41, 5.74) is -0.0959. The quantitative estimate of drug-likeness (QED) is 0.746. The summed E-state index contributed by atoms with van der Waals surface area (Å²) in [5.74, 6) is 0.385. The zero-order valence-corrected chi connectivity index (χ0v) is 8.68. The zero-order valence-electron chi connectivity index (χ0n) is 8.68. The molecule has 0 aromatic carbocycles. The third kappa shape index (κ3) is 2.02. The van der Waals surface area contributed by atoms with Crippen molar-refractivity contribution >= 4 is 5.82 Å². The van der Waals surface area contributed by atoms with E-state index < -0.39 is 0 Å². The molecule has 15 heavy (non-hydrogen) atoms. The number of nitrogens with one attached hydrogen (secondary N) is 1. The van der Waals surface area contributed by atoms with Crippen molar-refractivity contribution < 1.29 is 5.11 Å². The summed E-state index contributed by atoms with van der Waals surface area (Å²) in [4.78, 5) is 15.7. The van der Waals surface area contributed by atoms with E-state index in [1.54, 1.807) is 17.0 Å². The maximum absolute atomic E-state index is 11.7. The van der Waals surface area contributed by atoms with Crippen LogP contribution in [0.25, 0.3) is 0 Å². The Morgan fingerprint density at radius 1 is 1.67 bits per heavy atom.